The molecule has 21 heavy (non-hydrogen) atoms. The minimum Gasteiger partial charge on any atom is -0.408 e. The van der Waals surface area contributed by atoms with Crippen molar-refractivity contribution in [3.05, 3.63) is 58.0 Å². The molecular weight excluding hydrogens is 294 g/mol. The molecule has 0 unspecified atom stereocenters. The van der Waals surface area contributed by atoms with Crippen LogP contribution in [-0.2, 0) is 0 Å². The zero-order valence-corrected chi connectivity index (χ0v) is 11.4. The maximum absolute atomic E-state index is 11.9. The number of carbonyl (C=O) groups is 1. The summed E-state index contributed by atoms with van der Waals surface area (Å²) in [7, 11) is 0. The first-order valence-corrected chi connectivity index (χ1v) is 6.44. The number of hydrogen-bond donors (Lipinski definition) is 3. The van der Waals surface area contributed by atoms with Gasteiger partial charge in [-0.05, 0) is 36.4 Å². The van der Waals surface area contributed by atoms with Gasteiger partial charge < -0.3 is 15.1 Å². The van der Waals surface area contributed by atoms with Gasteiger partial charge in [0.05, 0.1) is 5.52 Å². The molecule has 3 aromatic rings. The Balaban J connectivity index is 1.75. The fourth-order valence-corrected chi connectivity index (χ4v) is 2.08. The van der Waals surface area contributed by atoms with Crippen LogP contribution in [0.5, 0.6) is 0 Å². The van der Waals surface area contributed by atoms with Crippen LogP contribution in [0, 0.1) is 0 Å². The Bertz CT molecular complexity index is 869. The normalized spacial score (nSPS) is 10.5. The van der Waals surface area contributed by atoms with Crippen LogP contribution in [0.4, 0.5) is 16.2 Å². The van der Waals surface area contributed by atoms with E-state index in [9.17, 15) is 9.59 Å². The van der Waals surface area contributed by atoms with Crippen LogP contribution < -0.4 is 16.4 Å². The van der Waals surface area contributed by atoms with E-state index in [-0.39, 0.29) is 0 Å². The minimum absolute atomic E-state index is 0.414. The molecule has 1 aromatic heterocycles. The molecule has 0 spiro atoms. The number of aromatic nitrogens is 1. The van der Waals surface area contributed by atoms with Crippen molar-refractivity contribution < 1.29 is 9.21 Å². The Hall–Kier alpha value is -2.73. The number of carbonyl (C=O) groups excluding carboxylic acids is 1. The Kier molecular flexibility index (Phi) is 3.37. The van der Waals surface area contributed by atoms with Crippen LogP contribution in [0.15, 0.2) is 51.7 Å². The van der Waals surface area contributed by atoms with Gasteiger partial charge in [-0.15, -0.1) is 0 Å². The fourth-order valence-electron chi connectivity index (χ4n) is 1.89. The Labute approximate surface area is 123 Å². The molecule has 0 atom stereocenters. The average molecular weight is 304 g/mol. The quantitative estimate of drug-likeness (QED) is 0.678. The summed E-state index contributed by atoms with van der Waals surface area (Å²) in [6, 6.07) is 11.2. The van der Waals surface area contributed by atoms with Crippen molar-refractivity contribution in [3.8, 4) is 0 Å². The summed E-state index contributed by atoms with van der Waals surface area (Å²) < 4.78 is 4.88. The highest BCUT2D eigenvalue weighted by atomic mass is 35.5. The molecule has 6 nitrogen and oxygen atoms in total. The second kappa shape index (κ2) is 5.34. The molecule has 2 aromatic carbocycles. The topological polar surface area (TPSA) is 87.1 Å². The van der Waals surface area contributed by atoms with Gasteiger partial charge in [-0.1, -0.05) is 17.7 Å². The van der Waals surface area contributed by atoms with E-state index in [1.165, 1.54) is 0 Å². The molecule has 106 valence electrons. The molecule has 0 aliphatic rings. The Morgan fingerprint density at radius 3 is 2.62 bits per heavy atom. The molecule has 2 amide bonds. The first-order valence-electron chi connectivity index (χ1n) is 6.06. The van der Waals surface area contributed by atoms with Crippen molar-refractivity contribution in [1.82, 2.24) is 4.98 Å². The van der Waals surface area contributed by atoms with Crippen LogP contribution >= 0.6 is 11.6 Å². The second-order valence-electron chi connectivity index (χ2n) is 4.31. The summed E-state index contributed by atoms with van der Waals surface area (Å²) in [6.07, 6.45) is 0. The molecule has 0 saturated heterocycles. The summed E-state index contributed by atoms with van der Waals surface area (Å²) in [6.45, 7) is 0. The van der Waals surface area contributed by atoms with E-state index < -0.39 is 11.8 Å². The van der Waals surface area contributed by atoms with E-state index in [0.29, 0.717) is 27.5 Å². The zero-order chi connectivity index (χ0) is 14.8. The smallest absolute Gasteiger partial charge is 0.408 e. The van der Waals surface area contributed by atoms with Gasteiger partial charge in [0.1, 0.15) is 0 Å². The van der Waals surface area contributed by atoms with Gasteiger partial charge in [0.25, 0.3) is 0 Å². The Morgan fingerprint density at radius 2 is 1.86 bits per heavy atom. The lowest BCUT2D eigenvalue weighted by Gasteiger charge is -2.07. The minimum atomic E-state index is -0.537. The third-order valence-electron chi connectivity index (χ3n) is 2.76. The van der Waals surface area contributed by atoms with Crippen LogP contribution in [0.25, 0.3) is 11.1 Å². The average Bonchev–Trinajstić information content (AvgIpc) is 2.78. The summed E-state index contributed by atoms with van der Waals surface area (Å²) in [5.41, 5.74) is 2.05. The lowest BCUT2D eigenvalue weighted by atomic mass is 10.3. The molecule has 0 radical (unpaired) electrons. The number of benzene rings is 2. The van der Waals surface area contributed by atoms with Crippen LogP contribution in [-0.4, -0.2) is 11.0 Å². The van der Waals surface area contributed by atoms with Crippen LogP contribution in [0.1, 0.15) is 0 Å². The number of fused-ring (bicyclic) bond motifs is 1. The van der Waals surface area contributed by atoms with Crippen molar-refractivity contribution in [2.75, 3.05) is 10.6 Å². The lowest BCUT2D eigenvalue weighted by molar-refractivity contribution is 0.262. The number of aromatic amines is 1. The predicted molar refractivity (Wildman–Crippen MR) is 80.9 cm³/mol. The van der Waals surface area contributed by atoms with Gasteiger partial charge in [-0.3, -0.25) is 4.98 Å². The maximum Gasteiger partial charge on any atom is 0.417 e. The highest BCUT2D eigenvalue weighted by Gasteiger charge is 2.06. The van der Waals surface area contributed by atoms with E-state index in [1.54, 1.807) is 42.5 Å². The number of amides is 2. The van der Waals surface area contributed by atoms with Crippen molar-refractivity contribution >= 4 is 40.1 Å². The molecule has 1 heterocycles. The highest BCUT2D eigenvalue weighted by molar-refractivity contribution is 6.30. The third kappa shape index (κ3) is 3.06. The summed E-state index contributed by atoms with van der Waals surface area (Å²) in [5.74, 6) is -0.537. The largest absolute Gasteiger partial charge is 0.417 e. The van der Waals surface area contributed by atoms with E-state index in [4.69, 9.17) is 16.0 Å². The monoisotopic (exact) mass is 303 g/mol. The molecule has 0 bridgehead atoms. The highest BCUT2D eigenvalue weighted by Crippen LogP contribution is 2.18. The summed E-state index contributed by atoms with van der Waals surface area (Å²) in [5, 5.41) is 5.84. The molecule has 3 rings (SSSR count). The van der Waals surface area contributed by atoms with Crippen molar-refractivity contribution in [1.29, 1.82) is 0 Å². The third-order valence-corrected chi connectivity index (χ3v) is 2.99. The van der Waals surface area contributed by atoms with Gasteiger partial charge in [-0.2, -0.15) is 0 Å². The number of rotatable bonds is 2. The summed E-state index contributed by atoms with van der Waals surface area (Å²) in [4.78, 5) is 25.5. The maximum atomic E-state index is 11.9. The van der Waals surface area contributed by atoms with Crippen molar-refractivity contribution in [2.45, 2.75) is 0 Å². The first kappa shape index (κ1) is 13.3. The molecule has 7 heteroatoms. The molecule has 3 N–H and O–H groups in total. The second-order valence-corrected chi connectivity index (χ2v) is 4.75. The number of hydrogen-bond acceptors (Lipinski definition) is 3. The van der Waals surface area contributed by atoms with Gasteiger partial charge >= 0.3 is 11.8 Å². The van der Waals surface area contributed by atoms with E-state index in [0.717, 1.165) is 0 Å². The fraction of sp³-hybridized carbons (Fsp3) is 0. The zero-order valence-electron chi connectivity index (χ0n) is 10.6. The van der Waals surface area contributed by atoms with Crippen molar-refractivity contribution in [3.63, 3.8) is 0 Å². The first-order chi connectivity index (χ1) is 10.1. The van der Waals surface area contributed by atoms with E-state index >= 15 is 0 Å². The number of halogens is 1. The molecule has 0 aliphatic heterocycles. The van der Waals surface area contributed by atoms with E-state index in [2.05, 4.69) is 15.6 Å². The predicted octanol–water partition coefficient (Wildman–Crippen LogP) is 3.42. The number of H-pyrrole nitrogens is 1. The standard InChI is InChI=1S/C14H10ClN3O3/c15-8-2-1-3-9(6-8)16-13(19)17-10-4-5-12-11(7-10)18-14(20)21-12/h1-7H,(H,18,20)(H2,16,17,19). The van der Waals surface area contributed by atoms with Gasteiger partial charge in [0, 0.05) is 16.4 Å². The summed E-state index contributed by atoms with van der Waals surface area (Å²) >= 11 is 5.84. The number of urea groups is 1. The van der Waals surface area contributed by atoms with E-state index in [1.807, 2.05) is 0 Å². The number of anilines is 2. The van der Waals surface area contributed by atoms with Crippen LogP contribution in [0.2, 0.25) is 5.02 Å². The molecule has 0 saturated carbocycles. The lowest BCUT2D eigenvalue weighted by Crippen LogP contribution is -2.19. The Morgan fingerprint density at radius 1 is 1.10 bits per heavy atom. The van der Waals surface area contributed by atoms with Gasteiger partial charge in [0.15, 0.2) is 5.58 Å². The van der Waals surface area contributed by atoms with Crippen LogP contribution in [0.3, 0.4) is 0 Å². The number of oxazole rings is 1. The van der Waals surface area contributed by atoms with Gasteiger partial charge in [-0.25, -0.2) is 9.59 Å². The van der Waals surface area contributed by atoms with Crippen molar-refractivity contribution in [2.24, 2.45) is 0 Å². The number of nitrogens with one attached hydrogen (secondary N) is 3. The van der Waals surface area contributed by atoms with Gasteiger partial charge in [0.2, 0.25) is 0 Å². The molecule has 0 aliphatic carbocycles. The molecular formula is C14H10ClN3O3. The molecule has 0 fully saturated rings. The SMILES string of the molecule is O=C(Nc1cccc(Cl)c1)Nc1ccc2oc(=O)[nH]c2c1.